The van der Waals surface area contributed by atoms with E-state index in [1.54, 1.807) is 41.2 Å². The van der Waals surface area contributed by atoms with Gasteiger partial charge in [-0.1, -0.05) is 0 Å². The van der Waals surface area contributed by atoms with E-state index in [9.17, 15) is 18.3 Å². The normalized spacial score (nSPS) is 17.4. The molecule has 3 heterocycles. The third-order valence-electron chi connectivity index (χ3n) is 5.42. The minimum Gasteiger partial charge on any atom is -0.480 e. The monoisotopic (exact) mass is 454 g/mol. The van der Waals surface area contributed by atoms with E-state index in [-0.39, 0.29) is 11.4 Å². The lowest BCUT2D eigenvalue weighted by Crippen LogP contribution is -2.40. The van der Waals surface area contributed by atoms with Gasteiger partial charge in [-0.25, -0.2) is 13.4 Å². The Morgan fingerprint density at radius 1 is 1.13 bits per heavy atom. The van der Waals surface area contributed by atoms with Crippen molar-refractivity contribution in [1.29, 1.82) is 0 Å². The van der Waals surface area contributed by atoms with Crippen molar-refractivity contribution in [2.75, 3.05) is 11.9 Å². The van der Waals surface area contributed by atoms with Crippen LogP contribution in [0.15, 0.2) is 59.1 Å². The topological polar surface area (TPSA) is 112 Å². The Morgan fingerprint density at radius 3 is 2.84 bits per heavy atom. The number of aliphatic carboxylic acids is 1. The number of anilines is 2. The van der Waals surface area contributed by atoms with Gasteiger partial charge in [-0.05, 0) is 55.3 Å². The molecule has 1 fully saturated rings. The predicted molar refractivity (Wildman–Crippen MR) is 119 cm³/mol. The number of hydrogen-bond acceptors (Lipinski definition) is 7. The summed E-state index contributed by atoms with van der Waals surface area (Å²) in [5, 5.41) is 13.4. The summed E-state index contributed by atoms with van der Waals surface area (Å²) < 4.78 is 28.5. The van der Waals surface area contributed by atoms with E-state index in [2.05, 4.69) is 15.3 Å². The zero-order chi connectivity index (χ0) is 21.6. The maximum Gasteiger partial charge on any atom is 0.322 e. The van der Waals surface area contributed by atoms with E-state index in [1.807, 2.05) is 18.2 Å². The highest BCUT2D eigenvalue weighted by atomic mass is 32.2. The summed E-state index contributed by atoms with van der Waals surface area (Å²) in [4.78, 5) is 20.2. The second-order valence-corrected chi connectivity index (χ2v) is 10.1. The number of pyridine rings is 1. The Labute approximate surface area is 182 Å². The molecule has 158 valence electrons. The predicted octanol–water partition coefficient (Wildman–Crippen LogP) is 3.83. The molecule has 8 nitrogen and oxygen atoms in total. The smallest absolute Gasteiger partial charge is 0.322 e. The molecule has 2 aromatic carbocycles. The molecule has 10 heteroatoms. The number of fused-ring (bicyclic) bond motifs is 2. The van der Waals surface area contributed by atoms with Crippen LogP contribution >= 0.6 is 11.3 Å². The van der Waals surface area contributed by atoms with Crippen LogP contribution in [0.3, 0.4) is 0 Å². The number of sulfonamides is 1. The lowest BCUT2D eigenvalue weighted by atomic mass is 10.2. The maximum absolute atomic E-state index is 13.2. The molecule has 0 unspecified atom stereocenters. The zero-order valence-corrected chi connectivity index (χ0v) is 17.9. The highest BCUT2D eigenvalue weighted by Gasteiger charge is 2.39. The van der Waals surface area contributed by atoms with Gasteiger partial charge in [0.2, 0.25) is 10.0 Å². The van der Waals surface area contributed by atoms with Crippen LogP contribution in [0.1, 0.15) is 12.8 Å². The van der Waals surface area contributed by atoms with E-state index in [0.29, 0.717) is 29.4 Å². The van der Waals surface area contributed by atoms with Crippen LogP contribution in [-0.2, 0) is 14.8 Å². The van der Waals surface area contributed by atoms with Gasteiger partial charge in [0.15, 0.2) is 0 Å². The van der Waals surface area contributed by atoms with Crippen molar-refractivity contribution >= 4 is 59.8 Å². The van der Waals surface area contributed by atoms with Crippen LogP contribution in [0.4, 0.5) is 11.4 Å². The van der Waals surface area contributed by atoms with Crippen LogP contribution < -0.4 is 5.32 Å². The van der Waals surface area contributed by atoms with E-state index < -0.39 is 22.0 Å². The second kappa shape index (κ2) is 7.56. The van der Waals surface area contributed by atoms with Crippen molar-refractivity contribution in [2.45, 2.75) is 23.8 Å². The summed E-state index contributed by atoms with van der Waals surface area (Å²) >= 11 is 1.56. The number of aromatic nitrogens is 2. The van der Waals surface area contributed by atoms with Crippen LogP contribution in [0.2, 0.25) is 0 Å². The van der Waals surface area contributed by atoms with Crippen molar-refractivity contribution in [1.82, 2.24) is 14.3 Å². The fourth-order valence-electron chi connectivity index (χ4n) is 3.90. The average molecular weight is 455 g/mol. The maximum atomic E-state index is 13.2. The molecule has 0 bridgehead atoms. The summed E-state index contributed by atoms with van der Waals surface area (Å²) in [6.45, 7) is 0.198. The van der Waals surface area contributed by atoms with Gasteiger partial charge in [0.1, 0.15) is 6.04 Å². The molecule has 1 atom stereocenters. The van der Waals surface area contributed by atoms with E-state index in [4.69, 9.17) is 0 Å². The van der Waals surface area contributed by atoms with Gasteiger partial charge < -0.3 is 10.4 Å². The average Bonchev–Trinajstić information content (AvgIpc) is 3.43. The number of benzene rings is 2. The molecule has 0 amide bonds. The quantitative estimate of drug-likeness (QED) is 0.471. The Bertz CT molecular complexity index is 1420. The third kappa shape index (κ3) is 3.52. The SMILES string of the molecule is O=C(O)[C@@H]1CCCN1S(=O)(=O)c1ccc2nccc(Nc3ccc4scnc4c3)c2c1. The first-order valence-corrected chi connectivity index (χ1v) is 12.0. The first-order chi connectivity index (χ1) is 14.9. The first kappa shape index (κ1) is 19.9. The summed E-state index contributed by atoms with van der Waals surface area (Å²) in [7, 11) is -3.95. The van der Waals surface area contributed by atoms with Gasteiger partial charge >= 0.3 is 5.97 Å². The number of hydrogen-bond donors (Lipinski definition) is 2. The van der Waals surface area contributed by atoms with E-state index in [1.165, 1.54) is 6.07 Å². The number of nitrogens with zero attached hydrogens (tertiary/aromatic N) is 3. The fraction of sp³-hybridized carbons (Fsp3) is 0.190. The molecule has 2 N–H and O–H groups in total. The third-order valence-corrected chi connectivity index (χ3v) is 8.13. The second-order valence-electron chi connectivity index (χ2n) is 7.31. The number of carboxylic acid groups (broad SMARTS) is 1. The molecule has 0 aliphatic carbocycles. The lowest BCUT2D eigenvalue weighted by Gasteiger charge is -2.21. The van der Waals surface area contributed by atoms with E-state index >= 15 is 0 Å². The molecular formula is C21H18N4O4S2. The minimum atomic E-state index is -3.95. The van der Waals surface area contributed by atoms with Crippen molar-refractivity contribution in [2.24, 2.45) is 0 Å². The summed E-state index contributed by atoms with van der Waals surface area (Å²) in [6, 6.07) is 11.3. The molecule has 5 rings (SSSR count). The van der Waals surface area contributed by atoms with Gasteiger partial charge in [-0.3, -0.25) is 9.78 Å². The molecule has 0 saturated carbocycles. The Balaban J connectivity index is 1.55. The molecular weight excluding hydrogens is 436 g/mol. The number of carboxylic acids is 1. The van der Waals surface area contributed by atoms with Crippen molar-refractivity contribution in [3.05, 3.63) is 54.2 Å². The van der Waals surface area contributed by atoms with Gasteiger partial charge in [0.25, 0.3) is 0 Å². The summed E-state index contributed by atoms with van der Waals surface area (Å²) in [5.41, 5.74) is 4.83. The number of nitrogens with one attached hydrogen (secondary N) is 1. The van der Waals surface area contributed by atoms with Gasteiger partial charge in [-0.2, -0.15) is 4.31 Å². The van der Waals surface area contributed by atoms with Crippen LogP contribution in [0.5, 0.6) is 0 Å². The number of rotatable bonds is 5. The summed E-state index contributed by atoms with van der Waals surface area (Å²) in [5.74, 6) is -1.12. The highest BCUT2D eigenvalue weighted by Crippen LogP contribution is 2.32. The number of thiazole rings is 1. The fourth-order valence-corrected chi connectivity index (χ4v) is 6.23. The molecule has 4 aromatic rings. The standard InChI is InChI=1S/C21H18N4O4S2/c26-21(27)19-2-1-9-25(19)31(28,29)14-4-5-16-15(11-14)17(7-8-22-16)24-13-3-6-20-18(10-13)23-12-30-20/h3-8,10-12,19H,1-2,9H2,(H,22,24)(H,26,27)/t19-/m0/s1. The Hall–Kier alpha value is -3.08. The van der Waals surface area contributed by atoms with Crippen molar-refractivity contribution in [3.8, 4) is 0 Å². The molecule has 31 heavy (non-hydrogen) atoms. The van der Waals surface area contributed by atoms with Crippen LogP contribution in [0, 0.1) is 0 Å². The lowest BCUT2D eigenvalue weighted by molar-refractivity contribution is -0.140. The Morgan fingerprint density at radius 2 is 2.00 bits per heavy atom. The molecule has 0 radical (unpaired) electrons. The number of carbonyl (C=O) groups is 1. The Kier molecular flexibility index (Phi) is 4.84. The largest absolute Gasteiger partial charge is 0.480 e. The van der Waals surface area contributed by atoms with Crippen LogP contribution in [-0.4, -0.2) is 46.4 Å². The summed E-state index contributed by atoms with van der Waals surface area (Å²) in [6.07, 6.45) is 2.49. The van der Waals surface area contributed by atoms with Gasteiger partial charge in [0, 0.05) is 29.5 Å². The highest BCUT2D eigenvalue weighted by molar-refractivity contribution is 7.89. The van der Waals surface area contributed by atoms with E-state index in [0.717, 1.165) is 20.2 Å². The molecule has 1 aliphatic rings. The zero-order valence-electron chi connectivity index (χ0n) is 16.2. The van der Waals surface area contributed by atoms with Gasteiger partial charge in [-0.15, -0.1) is 11.3 Å². The van der Waals surface area contributed by atoms with Crippen molar-refractivity contribution in [3.63, 3.8) is 0 Å². The minimum absolute atomic E-state index is 0.0548. The molecule has 0 spiro atoms. The van der Waals surface area contributed by atoms with Gasteiger partial charge in [0.05, 0.1) is 26.1 Å². The first-order valence-electron chi connectivity index (χ1n) is 9.67. The molecule has 1 aliphatic heterocycles. The van der Waals surface area contributed by atoms with Crippen molar-refractivity contribution < 1.29 is 18.3 Å². The van der Waals surface area contributed by atoms with Crippen LogP contribution in [0.25, 0.3) is 21.1 Å². The molecule has 1 saturated heterocycles. The molecule has 2 aromatic heterocycles.